The summed E-state index contributed by atoms with van der Waals surface area (Å²) in [5.74, 6) is 1.74. The molecule has 30 heavy (non-hydrogen) atoms. The fourth-order valence-corrected chi connectivity index (χ4v) is 3.01. The molecule has 0 aromatic heterocycles. The van der Waals surface area contributed by atoms with Gasteiger partial charge in [0.1, 0.15) is 11.5 Å². The molecule has 0 aliphatic rings. The van der Waals surface area contributed by atoms with Crippen molar-refractivity contribution in [2.75, 3.05) is 23.6 Å². The van der Waals surface area contributed by atoms with Crippen LogP contribution in [0.15, 0.2) is 78.9 Å². The number of rotatable bonds is 12. The number of ether oxygens (including phenoxy) is 2. The smallest absolute Gasteiger partial charge is 0.121 e. The van der Waals surface area contributed by atoms with Crippen molar-refractivity contribution in [1.82, 2.24) is 0 Å². The average molecular weight is 405 g/mol. The molecule has 0 fully saturated rings. The molecule has 0 radical (unpaired) electrons. The standard InChI is InChI=1S/C26H32N2O2/c1-3-5-18-29-25-16-10-14-23(20-25)28(27-22-12-8-7-9-13-22)24-15-11-17-26(21-24)30-19-6-4-2/h7-17,20-21,27H,3-6,18-19H2,1-2H3. The van der Waals surface area contributed by atoms with E-state index in [0.29, 0.717) is 0 Å². The van der Waals surface area contributed by atoms with Gasteiger partial charge in [0.25, 0.3) is 0 Å². The SMILES string of the molecule is CCCCOc1cccc(N(Nc2ccccc2)c2cccc(OCCCC)c2)c1. The van der Waals surface area contributed by atoms with Gasteiger partial charge in [-0.1, -0.05) is 57.0 Å². The average Bonchev–Trinajstić information content (AvgIpc) is 2.79. The predicted octanol–water partition coefficient (Wildman–Crippen LogP) is 7.21. The minimum absolute atomic E-state index is 0.729. The summed E-state index contributed by atoms with van der Waals surface area (Å²) in [5, 5.41) is 2.06. The fraction of sp³-hybridized carbons (Fsp3) is 0.308. The molecule has 4 nitrogen and oxygen atoms in total. The second kappa shape index (κ2) is 11.8. The Morgan fingerprint density at radius 2 is 1.20 bits per heavy atom. The van der Waals surface area contributed by atoms with E-state index in [1.165, 1.54) is 0 Å². The van der Waals surface area contributed by atoms with Gasteiger partial charge in [-0.3, -0.25) is 10.4 Å². The molecule has 0 atom stereocenters. The van der Waals surface area contributed by atoms with Gasteiger partial charge in [-0.05, 0) is 49.2 Å². The summed E-state index contributed by atoms with van der Waals surface area (Å²) in [6.07, 6.45) is 4.33. The highest BCUT2D eigenvalue weighted by atomic mass is 16.5. The zero-order valence-electron chi connectivity index (χ0n) is 18.0. The summed E-state index contributed by atoms with van der Waals surface area (Å²) < 4.78 is 11.9. The minimum atomic E-state index is 0.729. The molecule has 158 valence electrons. The molecule has 0 aliphatic carbocycles. The van der Waals surface area contributed by atoms with Crippen LogP contribution in [0.2, 0.25) is 0 Å². The van der Waals surface area contributed by atoms with Gasteiger partial charge in [-0.15, -0.1) is 0 Å². The summed E-state index contributed by atoms with van der Waals surface area (Å²) >= 11 is 0. The number of nitrogens with one attached hydrogen (secondary N) is 1. The van der Waals surface area contributed by atoms with Crippen molar-refractivity contribution in [3.63, 3.8) is 0 Å². The van der Waals surface area contributed by atoms with Gasteiger partial charge < -0.3 is 9.47 Å². The number of benzene rings is 3. The Labute approximate surface area is 180 Å². The molecule has 0 heterocycles. The lowest BCUT2D eigenvalue weighted by molar-refractivity contribution is 0.309. The molecule has 0 unspecified atom stereocenters. The maximum Gasteiger partial charge on any atom is 0.121 e. The number of hydrazine groups is 1. The Morgan fingerprint density at radius 3 is 1.70 bits per heavy atom. The molecule has 0 amide bonds. The number of nitrogens with zero attached hydrogens (tertiary/aromatic N) is 1. The predicted molar refractivity (Wildman–Crippen MR) is 126 cm³/mol. The zero-order valence-corrected chi connectivity index (χ0v) is 18.0. The van der Waals surface area contributed by atoms with E-state index in [9.17, 15) is 0 Å². The van der Waals surface area contributed by atoms with E-state index in [1.54, 1.807) is 0 Å². The van der Waals surface area contributed by atoms with Crippen LogP contribution in [0.25, 0.3) is 0 Å². The first-order valence-corrected chi connectivity index (χ1v) is 10.9. The first-order valence-electron chi connectivity index (χ1n) is 10.9. The van der Waals surface area contributed by atoms with E-state index in [4.69, 9.17) is 9.47 Å². The normalized spacial score (nSPS) is 10.5. The van der Waals surface area contributed by atoms with Crippen LogP contribution in [-0.2, 0) is 0 Å². The second-order valence-corrected chi connectivity index (χ2v) is 7.21. The van der Waals surface area contributed by atoms with E-state index in [0.717, 1.165) is 67.5 Å². The van der Waals surface area contributed by atoms with Crippen LogP contribution in [0.3, 0.4) is 0 Å². The summed E-state index contributed by atoms with van der Waals surface area (Å²) in [5.41, 5.74) is 6.53. The number of anilines is 3. The van der Waals surface area contributed by atoms with E-state index in [-0.39, 0.29) is 0 Å². The second-order valence-electron chi connectivity index (χ2n) is 7.21. The van der Waals surface area contributed by atoms with Crippen LogP contribution in [-0.4, -0.2) is 13.2 Å². The minimum Gasteiger partial charge on any atom is -0.494 e. The number of hydrogen-bond acceptors (Lipinski definition) is 4. The van der Waals surface area contributed by atoms with Gasteiger partial charge in [0, 0.05) is 12.1 Å². The van der Waals surface area contributed by atoms with Crippen molar-refractivity contribution in [2.45, 2.75) is 39.5 Å². The number of para-hydroxylation sites is 1. The number of hydrogen-bond donors (Lipinski definition) is 1. The van der Waals surface area contributed by atoms with Crippen molar-refractivity contribution >= 4 is 17.1 Å². The molecule has 4 heteroatoms. The van der Waals surface area contributed by atoms with Gasteiger partial charge in [0.2, 0.25) is 0 Å². The van der Waals surface area contributed by atoms with E-state index in [1.807, 2.05) is 42.5 Å². The largest absolute Gasteiger partial charge is 0.494 e. The molecular weight excluding hydrogens is 372 g/mol. The van der Waals surface area contributed by atoms with Crippen molar-refractivity contribution < 1.29 is 9.47 Å². The Hall–Kier alpha value is -3.14. The Bertz CT molecular complexity index is 829. The van der Waals surface area contributed by atoms with Crippen molar-refractivity contribution in [3.8, 4) is 11.5 Å². The highest BCUT2D eigenvalue weighted by Gasteiger charge is 2.12. The molecule has 3 rings (SSSR count). The first kappa shape index (κ1) is 21.6. The van der Waals surface area contributed by atoms with Crippen LogP contribution in [0.5, 0.6) is 11.5 Å². The monoisotopic (exact) mass is 404 g/mol. The fourth-order valence-electron chi connectivity index (χ4n) is 3.01. The molecule has 1 N–H and O–H groups in total. The number of unbranched alkanes of at least 4 members (excludes halogenated alkanes) is 2. The Morgan fingerprint density at radius 1 is 0.667 bits per heavy atom. The lowest BCUT2D eigenvalue weighted by atomic mass is 10.2. The van der Waals surface area contributed by atoms with Gasteiger partial charge in [-0.2, -0.15) is 0 Å². The zero-order chi connectivity index (χ0) is 21.0. The summed E-state index contributed by atoms with van der Waals surface area (Å²) in [6.45, 7) is 5.79. The maximum absolute atomic E-state index is 5.93. The van der Waals surface area contributed by atoms with Crippen LogP contribution >= 0.6 is 0 Å². The maximum atomic E-state index is 5.93. The molecule has 3 aromatic carbocycles. The van der Waals surface area contributed by atoms with Crippen LogP contribution in [0.4, 0.5) is 17.1 Å². The highest BCUT2D eigenvalue weighted by molar-refractivity contribution is 5.70. The van der Waals surface area contributed by atoms with Gasteiger partial charge in [0.15, 0.2) is 0 Å². The molecule has 0 bridgehead atoms. The van der Waals surface area contributed by atoms with Gasteiger partial charge >= 0.3 is 0 Å². The van der Waals surface area contributed by atoms with Gasteiger partial charge in [-0.25, -0.2) is 0 Å². The van der Waals surface area contributed by atoms with E-state index < -0.39 is 0 Å². The topological polar surface area (TPSA) is 33.7 Å². The molecule has 0 aliphatic heterocycles. The molecule has 3 aromatic rings. The van der Waals surface area contributed by atoms with Crippen LogP contribution in [0, 0.1) is 0 Å². The van der Waals surface area contributed by atoms with Gasteiger partial charge in [0.05, 0.1) is 30.3 Å². The summed E-state index contributed by atoms with van der Waals surface area (Å²) in [6, 6.07) is 26.5. The van der Waals surface area contributed by atoms with Crippen molar-refractivity contribution in [1.29, 1.82) is 0 Å². The van der Waals surface area contributed by atoms with Crippen molar-refractivity contribution in [2.24, 2.45) is 0 Å². The molecule has 0 spiro atoms. The Balaban J connectivity index is 1.88. The lowest BCUT2D eigenvalue weighted by Crippen LogP contribution is -2.24. The van der Waals surface area contributed by atoms with E-state index >= 15 is 0 Å². The third-order valence-electron chi connectivity index (χ3n) is 4.70. The van der Waals surface area contributed by atoms with E-state index in [2.05, 4.69) is 60.7 Å². The molecule has 0 saturated carbocycles. The van der Waals surface area contributed by atoms with Crippen molar-refractivity contribution in [3.05, 3.63) is 78.9 Å². The Kier molecular flexibility index (Phi) is 8.46. The summed E-state index contributed by atoms with van der Waals surface area (Å²) in [7, 11) is 0. The third-order valence-corrected chi connectivity index (χ3v) is 4.70. The first-order chi connectivity index (χ1) is 14.8. The molecular formula is C26H32N2O2. The quantitative estimate of drug-likeness (QED) is 0.255. The summed E-state index contributed by atoms with van der Waals surface area (Å²) in [4.78, 5) is 0. The van der Waals surface area contributed by atoms with Crippen LogP contribution in [0.1, 0.15) is 39.5 Å². The molecule has 0 saturated heterocycles. The highest BCUT2D eigenvalue weighted by Crippen LogP contribution is 2.31. The van der Waals surface area contributed by atoms with Crippen LogP contribution < -0.4 is 19.9 Å². The lowest BCUT2D eigenvalue weighted by Gasteiger charge is -2.27. The third kappa shape index (κ3) is 6.45.